The van der Waals surface area contributed by atoms with Crippen LogP contribution < -0.4 is 49.9 Å². The van der Waals surface area contributed by atoms with Gasteiger partial charge in [0, 0.05) is 26.1 Å². The summed E-state index contributed by atoms with van der Waals surface area (Å²) in [4.78, 5) is 90.3. The number of nitrogens with one attached hydrogen (secondary N) is 4. The van der Waals surface area contributed by atoms with Crippen LogP contribution in [0.4, 0.5) is 0 Å². The number of hydrogen-bond acceptors (Lipinski definition) is 10. The number of aliphatic imine (C=N–C) groups is 2. The lowest BCUT2D eigenvalue weighted by Crippen LogP contribution is -2.60. The predicted molar refractivity (Wildman–Crippen MR) is 223 cm³/mol. The van der Waals surface area contributed by atoms with Gasteiger partial charge in [-0.05, 0) is 80.9 Å². The Balaban J connectivity index is 2.35. The summed E-state index contributed by atoms with van der Waals surface area (Å²) in [6.07, 6.45) is 2.95. The standard InChI is InChI=1S/C39H66N12O8/c1-5-23(4)31(35(56)48-28(37(58)59)17-12-22(2)3)50-33(54)29(21-24-13-15-25(52)16-14-24)49-34(55)30-11-8-20-51(30)36(57)27(10-7-19-46-39(43)44)47-32(53)26(40)9-6-18-45-38(41)42/h13-16,22-23,26-31,52H,5-12,17-21,40H2,1-4H3,(H,47,53)(H,48,56)(H,49,55)(H,50,54)(H,58,59)(H4,41,42,45)(H4,43,44,46)/t23-,26-,27-,28-,29-,30-,31-/m0/s1. The van der Waals surface area contributed by atoms with Crippen molar-refractivity contribution in [3.8, 4) is 5.75 Å². The molecule has 0 spiro atoms. The Morgan fingerprint density at radius 2 is 1.37 bits per heavy atom. The Bertz CT molecular complexity index is 1610. The molecule has 0 unspecified atom stereocenters. The van der Waals surface area contributed by atoms with E-state index in [-0.39, 0.29) is 75.3 Å². The summed E-state index contributed by atoms with van der Waals surface area (Å²) < 4.78 is 0. The number of amides is 5. The molecule has 1 fully saturated rings. The molecule has 1 aliphatic heterocycles. The van der Waals surface area contributed by atoms with Crippen molar-refractivity contribution in [2.75, 3.05) is 19.6 Å². The Hall–Kier alpha value is -5.66. The Morgan fingerprint density at radius 1 is 0.780 bits per heavy atom. The highest BCUT2D eigenvalue weighted by molar-refractivity contribution is 5.96. The van der Waals surface area contributed by atoms with E-state index in [0.29, 0.717) is 37.7 Å². The number of rotatable bonds is 25. The van der Waals surface area contributed by atoms with E-state index in [0.717, 1.165) is 0 Å². The van der Waals surface area contributed by atoms with E-state index in [4.69, 9.17) is 28.7 Å². The molecule has 1 aromatic rings. The third-order valence-electron chi connectivity index (χ3n) is 10.2. The molecule has 16 N–H and O–H groups in total. The average molecular weight is 831 g/mol. The van der Waals surface area contributed by atoms with E-state index in [1.54, 1.807) is 19.1 Å². The van der Waals surface area contributed by atoms with Crippen LogP contribution in [-0.4, -0.2) is 118 Å². The van der Waals surface area contributed by atoms with Crippen molar-refractivity contribution in [2.45, 2.75) is 128 Å². The molecule has 0 aliphatic carbocycles. The van der Waals surface area contributed by atoms with E-state index < -0.39 is 77.7 Å². The van der Waals surface area contributed by atoms with Crippen molar-refractivity contribution in [3.63, 3.8) is 0 Å². The molecular weight excluding hydrogens is 765 g/mol. The number of carboxylic acid groups (broad SMARTS) is 1. The zero-order chi connectivity index (χ0) is 44.2. The highest BCUT2D eigenvalue weighted by Gasteiger charge is 2.40. The summed E-state index contributed by atoms with van der Waals surface area (Å²) in [6.45, 7) is 8.08. The summed E-state index contributed by atoms with van der Waals surface area (Å²) in [6, 6.07) is -0.628. The summed E-state index contributed by atoms with van der Waals surface area (Å²) in [7, 11) is 0. The largest absolute Gasteiger partial charge is 0.508 e. The van der Waals surface area contributed by atoms with Gasteiger partial charge in [0.1, 0.15) is 36.0 Å². The fourth-order valence-electron chi connectivity index (χ4n) is 6.51. The minimum atomic E-state index is -1.26. The SMILES string of the molecule is CC[C@H](C)[C@H](NC(=O)[C@H](Cc1ccc(O)cc1)NC(=O)[C@@H]1CCCN1C(=O)[C@H](CCCN=C(N)N)NC(=O)[C@@H](N)CCCN=C(N)N)C(=O)N[C@@H](CCC(C)C)C(=O)O. The number of nitrogens with two attached hydrogens (primary N) is 5. The number of nitrogens with zero attached hydrogens (tertiary/aromatic N) is 3. The van der Waals surface area contributed by atoms with Crippen LogP contribution in [0.5, 0.6) is 5.75 Å². The lowest BCUT2D eigenvalue weighted by Gasteiger charge is -2.31. The van der Waals surface area contributed by atoms with E-state index >= 15 is 0 Å². The van der Waals surface area contributed by atoms with E-state index in [1.165, 1.54) is 17.0 Å². The Labute approximate surface area is 345 Å². The van der Waals surface area contributed by atoms with Crippen LogP contribution in [0.2, 0.25) is 0 Å². The van der Waals surface area contributed by atoms with Crippen LogP contribution >= 0.6 is 0 Å². The number of aromatic hydroxyl groups is 1. The molecule has 5 amide bonds. The summed E-state index contributed by atoms with van der Waals surface area (Å²) in [5.74, 6) is -4.80. The van der Waals surface area contributed by atoms with Gasteiger partial charge in [0.2, 0.25) is 29.5 Å². The van der Waals surface area contributed by atoms with Gasteiger partial charge in [0.05, 0.1) is 6.04 Å². The zero-order valence-corrected chi connectivity index (χ0v) is 34.7. The molecule has 0 bridgehead atoms. The molecule has 1 aromatic carbocycles. The number of phenols is 1. The van der Waals surface area contributed by atoms with Gasteiger partial charge in [-0.25, -0.2) is 4.79 Å². The predicted octanol–water partition coefficient (Wildman–Crippen LogP) is -1.13. The van der Waals surface area contributed by atoms with Gasteiger partial charge < -0.3 is 65.0 Å². The number of carbonyl (C=O) groups is 6. The van der Waals surface area contributed by atoms with Crippen molar-refractivity contribution in [3.05, 3.63) is 29.8 Å². The van der Waals surface area contributed by atoms with Crippen LogP contribution in [0.3, 0.4) is 0 Å². The van der Waals surface area contributed by atoms with Crippen molar-refractivity contribution in [2.24, 2.45) is 50.5 Å². The molecule has 1 aliphatic rings. The monoisotopic (exact) mass is 831 g/mol. The topological polar surface area (TPSA) is 349 Å². The number of guanidine groups is 2. The maximum atomic E-state index is 14.1. The van der Waals surface area contributed by atoms with Gasteiger partial charge in [-0.3, -0.25) is 34.0 Å². The van der Waals surface area contributed by atoms with E-state index in [2.05, 4.69) is 31.3 Å². The number of hydrogen-bond donors (Lipinski definition) is 11. The van der Waals surface area contributed by atoms with Crippen LogP contribution in [0.1, 0.15) is 91.0 Å². The molecule has 7 atom stereocenters. The average Bonchev–Trinajstić information content (AvgIpc) is 3.68. The molecule has 0 radical (unpaired) electrons. The zero-order valence-electron chi connectivity index (χ0n) is 34.7. The van der Waals surface area contributed by atoms with Gasteiger partial charge in [-0.2, -0.15) is 0 Å². The number of likely N-dealkylation sites (tertiary alicyclic amines) is 1. The first-order chi connectivity index (χ1) is 27.8. The quantitative estimate of drug-likeness (QED) is 0.0316. The minimum Gasteiger partial charge on any atom is -0.508 e. The molecular formula is C39H66N12O8. The molecule has 1 heterocycles. The first-order valence-corrected chi connectivity index (χ1v) is 20.2. The molecule has 1 saturated heterocycles. The summed E-state index contributed by atoms with van der Waals surface area (Å²) >= 11 is 0. The molecule has 59 heavy (non-hydrogen) atoms. The van der Waals surface area contributed by atoms with E-state index in [1.807, 2.05) is 20.8 Å². The number of carbonyl (C=O) groups excluding carboxylic acids is 5. The number of aliphatic carboxylic acids is 1. The molecule has 0 aromatic heterocycles. The summed E-state index contributed by atoms with van der Waals surface area (Å²) in [5, 5.41) is 30.5. The second-order valence-corrected chi connectivity index (χ2v) is 15.4. The fourth-order valence-corrected chi connectivity index (χ4v) is 6.51. The van der Waals surface area contributed by atoms with Crippen LogP contribution in [0.25, 0.3) is 0 Å². The lowest BCUT2D eigenvalue weighted by atomic mass is 9.96. The second kappa shape index (κ2) is 25.0. The fraction of sp³-hybridized carbons (Fsp3) is 0.641. The molecule has 20 heteroatoms. The van der Waals surface area contributed by atoms with Crippen molar-refractivity contribution >= 4 is 47.4 Å². The molecule has 20 nitrogen and oxygen atoms in total. The van der Waals surface area contributed by atoms with Gasteiger partial charge in [-0.1, -0.05) is 46.2 Å². The van der Waals surface area contributed by atoms with Gasteiger partial charge >= 0.3 is 5.97 Å². The highest BCUT2D eigenvalue weighted by Crippen LogP contribution is 2.21. The molecule has 330 valence electrons. The Kier molecular flexibility index (Phi) is 20.9. The normalized spacial score (nSPS) is 16.7. The molecule has 2 rings (SSSR count). The Morgan fingerprint density at radius 3 is 1.93 bits per heavy atom. The molecule has 0 saturated carbocycles. The van der Waals surface area contributed by atoms with Gasteiger partial charge in [0.15, 0.2) is 11.9 Å². The van der Waals surface area contributed by atoms with Crippen LogP contribution in [0, 0.1) is 11.8 Å². The van der Waals surface area contributed by atoms with E-state index in [9.17, 15) is 39.0 Å². The third kappa shape index (κ3) is 17.4. The van der Waals surface area contributed by atoms with Crippen LogP contribution in [-0.2, 0) is 35.2 Å². The summed E-state index contributed by atoms with van der Waals surface area (Å²) in [5.41, 5.74) is 28.4. The van der Waals surface area contributed by atoms with Crippen molar-refractivity contribution in [1.29, 1.82) is 0 Å². The first kappa shape index (κ1) is 49.5. The minimum absolute atomic E-state index is 0.00954. The second-order valence-electron chi connectivity index (χ2n) is 15.4. The lowest BCUT2D eigenvalue weighted by molar-refractivity contribution is -0.143. The van der Waals surface area contributed by atoms with Gasteiger partial charge in [0.25, 0.3) is 0 Å². The maximum Gasteiger partial charge on any atom is 0.326 e. The van der Waals surface area contributed by atoms with Gasteiger partial charge in [-0.15, -0.1) is 0 Å². The maximum absolute atomic E-state index is 14.1. The number of benzene rings is 1. The number of phenolic OH excluding ortho intramolecular Hbond substituents is 1. The van der Waals surface area contributed by atoms with Crippen LogP contribution in [0.15, 0.2) is 34.3 Å². The smallest absolute Gasteiger partial charge is 0.326 e. The van der Waals surface area contributed by atoms with Crippen molar-refractivity contribution in [1.82, 2.24) is 26.2 Å². The third-order valence-corrected chi connectivity index (χ3v) is 10.2. The number of carboxylic acids is 1. The highest BCUT2D eigenvalue weighted by atomic mass is 16.4. The van der Waals surface area contributed by atoms with Crippen molar-refractivity contribution < 1.29 is 39.0 Å². The first-order valence-electron chi connectivity index (χ1n) is 20.2.